The fraction of sp³-hybridized carbons (Fsp3) is 0.250. The summed E-state index contributed by atoms with van der Waals surface area (Å²) in [6.07, 6.45) is -3.08. The van der Waals surface area contributed by atoms with E-state index in [2.05, 4.69) is 9.72 Å². The van der Waals surface area contributed by atoms with Crippen LogP contribution in [0.1, 0.15) is 17.8 Å². The van der Waals surface area contributed by atoms with Crippen LogP contribution in [-0.4, -0.2) is 20.5 Å². The molecule has 0 aliphatic rings. The number of primary sulfonamides is 1. The van der Waals surface area contributed by atoms with Crippen molar-refractivity contribution in [2.24, 2.45) is 5.14 Å². The maximum absolute atomic E-state index is 12.6. The Balaban J connectivity index is 3.70. The number of nitriles is 1. The van der Waals surface area contributed by atoms with E-state index < -0.39 is 38.5 Å². The van der Waals surface area contributed by atoms with Crippen LogP contribution < -0.4 is 9.88 Å². The predicted molar refractivity (Wildman–Crippen MR) is 51.8 cm³/mol. The van der Waals surface area contributed by atoms with Gasteiger partial charge in [0.15, 0.2) is 11.4 Å². The quantitative estimate of drug-likeness (QED) is 0.856. The van der Waals surface area contributed by atoms with Crippen LogP contribution in [0.15, 0.2) is 11.0 Å². The molecular weight excluding hydrogens is 256 g/mol. The van der Waals surface area contributed by atoms with E-state index in [4.69, 9.17) is 10.4 Å². The lowest BCUT2D eigenvalue weighted by Gasteiger charge is -2.11. The molecule has 0 aliphatic heterocycles. The molecule has 0 amide bonds. The fourth-order valence-electron chi connectivity index (χ4n) is 1.15. The third-order valence-corrected chi connectivity index (χ3v) is 2.71. The van der Waals surface area contributed by atoms with Gasteiger partial charge in [-0.25, -0.2) is 27.3 Å². The molecule has 1 aromatic rings. The third-order valence-electron chi connectivity index (χ3n) is 1.80. The maximum Gasteiger partial charge on any atom is 0.284 e. The highest BCUT2D eigenvalue weighted by Crippen LogP contribution is 2.32. The third kappa shape index (κ3) is 2.66. The standard InChI is InChI=1S/C8H7F2N3O3S/c1-16-7-5(17(12,14)15)2-4(3-11)13-6(7)8(9)10/h2,8H,1H3,(H2,12,14,15). The number of rotatable bonds is 3. The van der Waals surface area contributed by atoms with E-state index in [1.54, 1.807) is 0 Å². The highest BCUT2D eigenvalue weighted by molar-refractivity contribution is 7.89. The Kier molecular flexibility index (Phi) is 3.59. The summed E-state index contributed by atoms with van der Waals surface area (Å²) in [4.78, 5) is 2.59. The summed E-state index contributed by atoms with van der Waals surface area (Å²) in [5, 5.41) is 13.4. The molecule has 0 spiro atoms. The molecule has 1 heterocycles. The van der Waals surface area contributed by atoms with Gasteiger partial charge < -0.3 is 4.74 Å². The molecule has 92 valence electrons. The van der Waals surface area contributed by atoms with E-state index in [1.165, 1.54) is 6.07 Å². The zero-order valence-corrected chi connectivity index (χ0v) is 9.33. The van der Waals surface area contributed by atoms with Crippen molar-refractivity contribution in [3.8, 4) is 11.8 Å². The van der Waals surface area contributed by atoms with Gasteiger partial charge in [-0.15, -0.1) is 0 Å². The monoisotopic (exact) mass is 263 g/mol. The fourth-order valence-corrected chi connectivity index (χ4v) is 1.87. The molecule has 0 atom stereocenters. The number of alkyl halides is 2. The number of aromatic nitrogens is 1. The Morgan fingerprint density at radius 3 is 2.53 bits per heavy atom. The normalized spacial score (nSPS) is 11.3. The van der Waals surface area contributed by atoms with Crippen LogP contribution >= 0.6 is 0 Å². The first-order chi connectivity index (χ1) is 7.81. The second-order valence-corrected chi connectivity index (χ2v) is 4.41. The minimum absolute atomic E-state index is 0.481. The maximum atomic E-state index is 12.6. The van der Waals surface area contributed by atoms with Crippen molar-refractivity contribution < 1.29 is 21.9 Å². The molecule has 0 aromatic carbocycles. The van der Waals surface area contributed by atoms with E-state index in [0.29, 0.717) is 0 Å². The first-order valence-corrected chi connectivity index (χ1v) is 5.66. The molecule has 6 nitrogen and oxygen atoms in total. The van der Waals surface area contributed by atoms with Gasteiger partial charge in [0.2, 0.25) is 10.0 Å². The molecule has 0 saturated heterocycles. The van der Waals surface area contributed by atoms with Crippen LogP contribution in [0.4, 0.5) is 8.78 Å². The molecule has 0 bridgehead atoms. The molecule has 1 rings (SSSR count). The van der Waals surface area contributed by atoms with E-state index >= 15 is 0 Å². The number of ether oxygens (including phenoxy) is 1. The molecule has 2 N–H and O–H groups in total. The van der Waals surface area contributed by atoms with Gasteiger partial charge in [-0.05, 0) is 6.07 Å². The summed E-state index contributed by atoms with van der Waals surface area (Å²) in [5.74, 6) is -0.651. The lowest BCUT2D eigenvalue weighted by Crippen LogP contribution is -2.15. The summed E-state index contributed by atoms with van der Waals surface area (Å²) in [6, 6.07) is 2.24. The Bertz CT molecular complexity index is 580. The second-order valence-electron chi connectivity index (χ2n) is 2.88. The van der Waals surface area contributed by atoms with Crippen LogP contribution in [0.3, 0.4) is 0 Å². The largest absolute Gasteiger partial charge is 0.493 e. The number of halogens is 2. The van der Waals surface area contributed by atoms with Crippen molar-refractivity contribution in [2.45, 2.75) is 11.3 Å². The number of nitrogens with zero attached hydrogens (tertiary/aromatic N) is 2. The Morgan fingerprint density at radius 1 is 1.59 bits per heavy atom. The molecule has 9 heteroatoms. The van der Waals surface area contributed by atoms with Crippen LogP contribution in [-0.2, 0) is 10.0 Å². The van der Waals surface area contributed by atoms with Gasteiger partial charge in [0.05, 0.1) is 7.11 Å². The molecule has 0 saturated carbocycles. The highest BCUT2D eigenvalue weighted by Gasteiger charge is 2.26. The molecule has 0 aliphatic carbocycles. The molecule has 0 radical (unpaired) electrons. The van der Waals surface area contributed by atoms with Crippen LogP contribution in [0.5, 0.6) is 5.75 Å². The van der Waals surface area contributed by atoms with Crippen LogP contribution in [0, 0.1) is 11.3 Å². The van der Waals surface area contributed by atoms with Crippen LogP contribution in [0.25, 0.3) is 0 Å². The summed E-state index contributed by atoms with van der Waals surface area (Å²) in [7, 11) is -3.28. The van der Waals surface area contributed by atoms with E-state index in [1.807, 2.05) is 0 Å². The number of pyridine rings is 1. The summed E-state index contributed by atoms with van der Waals surface area (Å²) in [6.45, 7) is 0. The first kappa shape index (κ1) is 13.3. The van der Waals surface area contributed by atoms with Gasteiger partial charge in [0.1, 0.15) is 16.7 Å². The van der Waals surface area contributed by atoms with Gasteiger partial charge >= 0.3 is 0 Å². The number of methoxy groups -OCH3 is 1. The number of hydrogen-bond acceptors (Lipinski definition) is 5. The van der Waals surface area contributed by atoms with Crippen molar-refractivity contribution in [3.05, 3.63) is 17.5 Å². The average molecular weight is 263 g/mol. The van der Waals surface area contributed by atoms with Gasteiger partial charge in [0.25, 0.3) is 6.43 Å². The van der Waals surface area contributed by atoms with Crippen molar-refractivity contribution >= 4 is 10.0 Å². The highest BCUT2D eigenvalue weighted by atomic mass is 32.2. The van der Waals surface area contributed by atoms with Crippen molar-refractivity contribution in [1.29, 1.82) is 5.26 Å². The van der Waals surface area contributed by atoms with Gasteiger partial charge in [0, 0.05) is 0 Å². The summed E-state index contributed by atoms with van der Waals surface area (Å²) >= 11 is 0. The van der Waals surface area contributed by atoms with Crippen molar-refractivity contribution in [1.82, 2.24) is 4.98 Å². The lowest BCUT2D eigenvalue weighted by atomic mass is 10.3. The second kappa shape index (κ2) is 4.60. The Hall–Kier alpha value is -1.79. The topological polar surface area (TPSA) is 106 Å². The van der Waals surface area contributed by atoms with Crippen molar-refractivity contribution in [2.75, 3.05) is 7.11 Å². The summed E-state index contributed by atoms with van der Waals surface area (Å²) < 4.78 is 52.1. The van der Waals surface area contributed by atoms with Crippen LogP contribution in [0.2, 0.25) is 0 Å². The molecular formula is C8H7F2N3O3S. The zero-order chi connectivity index (χ0) is 13.2. The average Bonchev–Trinajstić information content (AvgIpc) is 2.25. The smallest absolute Gasteiger partial charge is 0.284 e. The first-order valence-electron chi connectivity index (χ1n) is 4.11. The van der Waals surface area contributed by atoms with E-state index in [-0.39, 0.29) is 0 Å². The molecule has 0 fully saturated rings. The minimum Gasteiger partial charge on any atom is -0.493 e. The molecule has 17 heavy (non-hydrogen) atoms. The lowest BCUT2D eigenvalue weighted by molar-refractivity contribution is 0.140. The molecule has 1 aromatic heterocycles. The number of nitrogens with two attached hydrogens (primary N) is 1. The van der Waals surface area contributed by atoms with Gasteiger partial charge in [-0.1, -0.05) is 0 Å². The van der Waals surface area contributed by atoms with Crippen molar-refractivity contribution in [3.63, 3.8) is 0 Å². The Labute approximate surface area is 95.7 Å². The Morgan fingerprint density at radius 2 is 2.18 bits per heavy atom. The number of hydrogen-bond donors (Lipinski definition) is 1. The summed E-state index contributed by atoms with van der Waals surface area (Å²) in [5.41, 5.74) is -1.42. The molecule has 0 unspecified atom stereocenters. The van der Waals surface area contributed by atoms with Gasteiger partial charge in [-0.2, -0.15) is 5.26 Å². The van der Waals surface area contributed by atoms with E-state index in [0.717, 1.165) is 13.2 Å². The van der Waals surface area contributed by atoms with E-state index in [9.17, 15) is 17.2 Å². The zero-order valence-electron chi connectivity index (χ0n) is 8.52. The SMILES string of the molecule is COc1c(S(N)(=O)=O)cc(C#N)nc1C(F)F. The minimum atomic E-state index is -4.28. The van der Waals surface area contributed by atoms with Gasteiger partial charge in [-0.3, -0.25) is 0 Å². The number of sulfonamides is 1. The predicted octanol–water partition coefficient (Wildman–Crippen LogP) is 0.547.